The van der Waals surface area contributed by atoms with E-state index < -0.39 is 0 Å². The zero-order chi connectivity index (χ0) is 18.5. The van der Waals surface area contributed by atoms with Crippen LogP contribution in [0.4, 0.5) is 5.69 Å². The van der Waals surface area contributed by atoms with Gasteiger partial charge in [-0.25, -0.2) is 4.98 Å². The van der Waals surface area contributed by atoms with Crippen LogP contribution in [0, 0.1) is 13.8 Å². The number of nitrogens with zero attached hydrogens (tertiary/aromatic N) is 2. The van der Waals surface area contributed by atoms with Gasteiger partial charge in [-0.15, -0.1) is 0 Å². The van der Waals surface area contributed by atoms with Crippen LogP contribution in [0.5, 0.6) is 11.5 Å². The molecule has 0 fully saturated rings. The van der Waals surface area contributed by atoms with E-state index >= 15 is 0 Å². The molecule has 0 unspecified atom stereocenters. The number of aromatic nitrogens is 2. The zero-order valence-electron chi connectivity index (χ0n) is 14.6. The van der Waals surface area contributed by atoms with Crippen LogP contribution in [-0.2, 0) is 11.3 Å². The lowest BCUT2D eigenvalue weighted by Crippen LogP contribution is -2.29. The summed E-state index contributed by atoms with van der Waals surface area (Å²) in [4.78, 5) is 28.4. The first kappa shape index (κ1) is 17.4. The Hall–Kier alpha value is -3.41. The lowest BCUT2D eigenvalue weighted by atomic mass is 10.3. The molecule has 26 heavy (non-hydrogen) atoms. The fourth-order valence-electron chi connectivity index (χ4n) is 2.53. The normalized spacial score (nSPS) is 10.4. The minimum atomic E-state index is -0.294. The van der Waals surface area contributed by atoms with Crippen LogP contribution in [0.1, 0.15) is 11.5 Å². The number of ether oxygens (including phenoxy) is 1. The highest BCUT2D eigenvalue weighted by molar-refractivity contribution is 5.90. The fraction of sp³-hybridized carbons (Fsp3) is 0.150. The molecule has 1 aromatic heterocycles. The molecule has 6 nitrogen and oxygen atoms in total. The lowest BCUT2D eigenvalue weighted by Gasteiger charge is -2.11. The quantitative estimate of drug-likeness (QED) is 0.767. The maximum absolute atomic E-state index is 12.2. The Balaban J connectivity index is 1.64. The maximum Gasteiger partial charge on any atom is 0.254 e. The molecule has 0 aliphatic rings. The van der Waals surface area contributed by atoms with Crippen molar-refractivity contribution < 1.29 is 9.53 Å². The van der Waals surface area contributed by atoms with Crippen molar-refractivity contribution in [2.45, 2.75) is 20.4 Å². The van der Waals surface area contributed by atoms with Gasteiger partial charge in [0.1, 0.15) is 23.9 Å². The van der Waals surface area contributed by atoms with Gasteiger partial charge in [0.25, 0.3) is 5.56 Å². The van der Waals surface area contributed by atoms with Crippen LogP contribution in [-0.4, -0.2) is 15.5 Å². The Morgan fingerprint density at radius 1 is 1.04 bits per heavy atom. The van der Waals surface area contributed by atoms with Gasteiger partial charge in [0.05, 0.1) is 0 Å². The second kappa shape index (κ2) is 7.65. The van der Waals surface area contributed by atoms with Crippen molar-refractivity contribution in [1.29, 1.82) is 0 Å². The summed E-state index contributed by atoms with van der Waals surface area (Å²) in [6.07, 6.45) is 0. The number of aryl methyl sites for hydroxylation is 2. The summed E-state index contributed by atoms with van der Waals surface area (Å²) in [6.45, 7) is 3.37. The van der Waals surface area contributed by atoms with E-state index in [1.165, 1.54) is 10.6 Å². The highest BCUT2D eigenvalue weighted by Crippen LogP contribution is 2.22. The van der Waals surface area contributed by atoms with Crippen molar-refractivity contribution in [3.05, 3.63) is 82.5 Å². The van der Waals surface area contributed by atoms with E-state index in [9.17, 15) is 9.59 Å². The van der Waals surface area contributed by atoms with Gasteiger partial charge < -0.3 is 10.1 Å². The fourth-order valence-corrected chi connectivity index (χ4v) is 2.53. The lowest BCUT2D eigenvalue weighted by molar-refractivity contribution is -0.116. The van der Waals surface area contributed by atoms with Gasteiger partial charge in [0.2, 0.25) is 5.91 Å². The number of para-hydroxylation sites is 1. The minimum absolute atomic E-state index is 0.0831. The van der Waals surface area contributed by atoms with Gasteiger partial charge in [0, 0.05) is 17.4 Å². The van der Waals surface area contributed by atoms with Gasteiger partial charge in [-0.1, -0.05) is 18.2 Å². The number of nitrogens with one attached hydrogen (secondary N) is 1. The zero-order valence-corrected chi connectivity index (χ0v) is 14.6. The Bertz CT molecular complexity index is 964. The Kier molecular flexibility index (Phi) is 5.12. The van der Waals surface area contributed by atoms with Crippen LogP contribution in [0.2, 0.25) is 0 Å². The predicted molar refractivity (Wildman–Crippen MR) is 99.6 cm³/mol. The van der Waals surface area contributed by atoms with E-state index in [0.29, 0.717) is 23.0 Å². The van der Waals surface area contributed by atoms with Crippen molar-refractivity contribution in [2.75, 3.05) is 5.32 Å². The standard InChI is InChI=1S/C20H19N3O3/c1-14-12-20(25)23(15(2)21-14)13-19(24)22-16-8-10-18(11-9-16)26-17-6-4-3-5-7-17/h3-12H,13H2,1-2H3,(H,22,24). The molecule has 0 radical (unpaired) electrons. The second-order valence-corrected chi connectivity index (χ2v) is 5.86. The first-order valence-corrected chi connectivity index (χ1v) is 8.19. The van der Waals surface area contributed by atoms with E-state index in [1.54, 1.807) is 38.1 Å². The molecule has 6 heteroatoms. The van der Waals surface area contributed by atoms with Crippen LogP contribution in [0.15, 0.2) is 65.5 Å². The number of amides is 1. The number of benzene rings is 2. The molecule has 1 N–H and O–H groups in total. The Labute approximate surface area is 151 Å². The molecule has 0 bridgehead atoms. The third kappa shape index (κ3) is 4.36. The van der Waals surface area contributed by atoms with Crippen LogP contribution < -0.4 is 15.6 Å². The summed E-state index contributed by atoms with van der Waals surface area (Å²) >= 11 is 0. The summed E-state index contributed by atoms with van der Waals surface area (Å²) < 4.78 is 7.05. The smallest absolute Gasteiger partial charge is 0.254 e. The number of hydrogen-bond donors (Lipinski definition) is 1. The molecule has 0 saturated carbocycles. The SMILES string of the molecule is Cc1cc(=O)n(CC(=O)Nc2ccc(Oc3ccccc3)cc2)c(C)n1. The third-order valence-electron chi connectivity index (χ3n) is 3.75. The average Bonchev–Trinajstić information content (AvgIpc) is 2.61. The highest BCUT2D eigenvalue weighted by atomic mass is 16.5. The summed E-state index contributed by atoms with van der Waals surface area (Å²) in [6, 6.07) is 17.9. The molecule has 3 rings (SSSR count). The van der Waals surface area contributed by atoms with Crippen LogP contribution in [0.25, 0.3) is 0 Å². The van der Waals surface area contributed by atoms with Crippen LogP contribution in [0.3, 0.4) is 0 Å². The maximum atomic E-state index is 12.2. The van der Waals surface area contributed by atoms with E-state index in [-0.39, 0.29) is 18.0 Å². The highest BCUT2D eigenvalue weighted by Gasteiger charge is 2.09. The van der Waals surface area contributed by atoms with Crippen molar-refractivity contribution in [1.82, 2.24) is 9.55 Å². The number of carbonyl (C=O) groups is 1. The summed E-state index contributed by atoms with van der Waals surface area (Å²) in [5, 5.41) is 2.77. The first-order chi connectivity index (χ1) is 12.5. The van der Waals surface area contributed by atoms with E-state index in [0.717, 1.165) is 5.75 Å². The monoisotopic (exact) mass is 349 g/mol. The van der Waals surface area contributed by atoms with Crippen molar-refractivity contribution >= 4 is 11.6 Å². The van der Waals surface area contributed by atoms with Gasteiger partial charge in [-0.2, -0.15) is 0 Å². The van der Waals surface area contributed by atoms with Crippen LogP contribution >= 0.6 is 0 Å². The average molecular weight is 349 g/mol. The molecule has 3 aromatic rings. The van der Waals surface area contributed by atoms with E-state index in [1.807, 2.05) is 30.3 Å². The van der Waals surface area contributed by atoms with E-state index in [4.69, 9.17) is 4.74 Å². The largest absolute Gasteiger partial charge is 0.457 e. The van der Waals surface area contributed by atoms with Crippen molar-refractivity contribution in [2.24, 2.45) is 0 Å². The van der Waals surface area contributed by atoms with Crippen molar-refractivity contribution in [3.63, 3.8) is 0 Å². The molecular formula is C20H19N3O3. The molecule has 1 heterocycles. The summed E-state index contributed by atoms with van der Waals surface area (Å²) in [5.41, 5.74) is 1.02. The molecule has 1 amide bonds. The van der Waals surface area contributed by atoms with Gasteiger partial charge in [-0.3, -0.25) is 14.2 Å². The molecule has 0 atom stereocenters. The topological polar surface area (TPSA) is 73.2 Å². The van der Waals surface area contributed by atoms with Gasteiger partial charge in [-0.05, 0) is 50.2 Å². The summed E-state index contributed by atoms with van der Waals surface area (Å²) in [7, 11) is 0. The molecule has 0 aliphatic carbocycles. The molecule has 0 saturated heterocycles. The molecule has 0 aliphatic heterocycles. The number of anilines is 1. The number of rotatable bonds is 5. The molecule has 132 valence electrons. The first-order valence-electron chi connectivity index (χ1n) is 8.19. The van der Waals surface area contributed by atoms with Gasteiger partial charge in [0.15, 0.2) is 0 Å². The summed E-state index contributed by atoms with van der Waals surface area (Å²) in [5.74, 6) is 1.63. The van der Waals surface area contributed by atoms with Gasteiger partial charge >= 0.3 is 0 Å². The Morgan fingerprint density at radius 2 is 1.69 bits per heavy atom. The minimum Gasteiger partial charge on any atom is -0.457 e. The number of carbonyl (C=O) groups excluding carboxylic acids is 1. The second-order valence-electron chi connectivity index (χ2n) is 5.86. The Morgan fingerprint density at radius 3 is 2.35 bits per heavy atom. The number of hydrogen-bond acceptors (Lipinski definition) is 4. The van der Waals surface area contributed by atoms with Crippen molar-refractivity contribution in [3.8, 4) is 11.5 Å². The molecule has 2 aromatic carbocycles. The molecular weight excluding hydrogens is 330 g/mol. The molecule has 0 spiro atoms. The third-order valence-corrected chi connectivity index (χ3v) is 3.75. The predicted octanol–water partition coefficient (Wildman–Crippen LogP) is 3.29. The van der Waals surface area contributed by atoms with E-state index in [2.05, 4.69) is 10.3 Å².